The summed E-state index contributed by atoms with van der Waals surface area (Å²) in [7, 11) is 0. The molecule has 2 atom stereocenters. The number of rotatable bonds is 14. The van der Waals surface area contributed by atoms with Crippen LogP contribution in [0.25, 0.3) is 0 Å². The number of hydrogen-bond donors (Lipinski definition) is 2. The van der Waals surface area contributed by atoms with E-state index in [4.69, 9.17) is 4.74 Å². The standard InChI is InChI=1S/C33H55N3O4/c1-8-9-10-11-12-16-23-36(31(38)28(24(2)3)35-32(39)40-33(5,6)7)29(26-21-19-25(4)20-22-26)30(37)34-27-17-14-13-15-18-27/h19-22,24,27-29H,8-18,23H2,1-7H3,(H,34,37)(H,35,39). The molecule has 2 N–H and O–H groups in total. The smallest absolute Gasteiger partial charge is 0.408 e. The number of aryl methyl sites for hydroxylation is 1. The molecule has 1 saturated carbocycles. The quantitative estimate of drug-likeness (QED) is 0.236. The lowest BCUT2D eigenvalue weighted by Crippen LogP contribution is -2.55. The van der Waals surface area contributed by atoms with Crippen LogP contribution >= 0.6 is 0 Å². The lowest BCUT2D eigenvalue weighted by atomic mass is 9.94. The van der Waals surface area contributed by atoms with Crippen LogP contribution < -0.4 is 10.6 Å². The number of benzene rings is 1. The summed E-state index contributed by atoms with van der Waals surface area (Å²) >= 11 is 0. The average molecular weight is 558 g/mol. The zero-order valence-electron chi connectivity index (χ0n) is 26.2. The highest BCUT2D eigenvalue weighted by Gasteiger charge is 2.38. The highest BCUT2D eigenvalue weighted by atomic mass is 16.6. The van der Waals surface area contributed by atoms with Crippen LogP contribution in [0.5, 0.6) is 0 Å². The van der Waals surface area contributed by atoms with Crippen molar-refractivity contribution in [2.24, 2.45) is 5.92 Å². The van der Waals surface area contributed by atoms with E-state index in [-0.39, 0.29) is 23.8 Å². The molecular weight excluding hydrogens is 502 g/mol. The van der Waals surface area contributed by atoms with Crippen molar-refractivity contribution >= 4 is 17.9 Å². The minimum atomic E-state index is -0.814. The van der Waals surface area contributed by atoms with Crippen molar-refractivity contribution in [2.75, 3.05) is 6.54 Å². The lowest BCUT2D eigenvalue weighted by Gasteiger charge is -2.36. The molecule has 7 heteroatoms. The fraction of sp³-hybridized carbons (Fsp3) is 0.727. The van der Waals surface area contributed by atoms with Gasteiger partial charge >= 0.3 is 6.09 Å². The third kappa shape index (κ3) is 11.5. The summed E-state index contributed by atoms with van der Waals surface area (Å²) in [5, 5.41) is 6.10. The first-order chi connectivity index (χ1) is 18.9. The number of nitrogens with zero attached hydrogens (tertiary/aromatic N) is 1. The summed E-state index contributed by atoms with van der Waals surface area (Å²) in [4.78, 5) is 42.8. The Bertz CT molecular complexity index is 917. The summed E-state index contributed by atoms with van der Waals surface area (Å²) in [5.41, 5.74) is 1.20. The molecule has 1 aromatic carbocycles. The highest BCUT2D eigenvalue weighted by Crippen LogP contribution is 2.27. The number of hydrogen-bond acceptors (Lipinski definition) is 4. The number of carbonyl (C=O) groups is 3. The SMILES string of the molecule is CCCCCCCCN(C(=O)C(NC(=O)OC(C)(C)C)C(C)C)C(C(=O)NC1CCCCC1)c1ccc(C)cc1. The third-order valence-electron chi connectivity index (χ3n) is 7.55. The van der Waals surface area contributed by atoms with Gasteiger partial charge in [-0.1, -0.05) is 102 Å². The molecule has 1 aliphatic rings. The summed E-state index contributed by atoms with van der Waals surface area (Å²) in [6.07, 6.45) is 11.1. The van der Waals surface area contributed by atoms with Gasteiger partial charge in [-0.25, -0.2) is 4.79 Å². The maximum Gasteiger partial charge on any atom is 0.408 e. The Labute approximate surface area is 243 Å². The molecule has 0 heterocycles. The van der Waals surface area contributed by atoms with Crippen molar-refractivity contribution < 1.29 is 19.1 Å². The molecule has 0 radical (unpaired) electrons. The molecule has 0 aliphatic heterocycles. The maximum atomic E-state index is 14.3. The van der Waals surface area contributed by atoms with E-state index in [1.54, 1.807) is 25.7 Å². The fourth-order valence-electron chi connectivity index (χ4n) is 5.30. The Balaban J connectivity index is 2.40. The second kappa shape index (κ2) is 16.6. The molecule has 2 rings (SSSR count). The van der Waals surface area contributed by atoms with Gasteiger partial charge in [0.25, 0.3) is 0 Å². The Kier molecular flexibility index (Phi) is 14.0. The average Bonchev–Trinajstić information content (AvgIpc) is 2.88. The second-order valence-corrected chi connectivity index (χ2v) is 12.8. The van der Waals surface area contributed by atoms with E-state index in [1.165, 1.54) is 25.7 Å². The van der Waals surface area contributed by atoms with Crippen LogP contribution in [-0.2, 0) is 14.3 Å². The predicted molar refractivity (Wildman–Crippen MR) is 162 cm³/mol. The number of nitrogens with one attached hydrogen (secondary N) is 2. The monoisotopic (exact) mass is 557 g/mol. The molecule has 1 aliphatic carbocycles. The first-order valence-corrected chi connectivity index (χ1v) is 15.6. The maximum absolute atomic E-state index is 14.3. The van der Waals surface area contributed by atoms with E-state index >= 15 is 0 Å². The number of unbranched alkanes of at least 4 members (excludes halogenated alkanes) is 5. The normalized spacial score (nSPS) is 15.8. The van der Waals surface area contributed by atoms with Crippen molar-refractivity contribution in [1.82, 2.24) is 15.5 Å². The van der Waals surface area contributed by atoms with E-state index in [0.29, 0.717) is 6.54 Å². The molecule has 3 amide bonds. The molecule has 0 aromatic heterocycles. The van der Waals surface area contributed by atoms with Crippen LogP contribution in [-0.4, -0.2) is 47.0 Å². The van der Waals surface area contributed by atoms with Gasteiger partial charge in [-0.2, -0.15) is 0 Å². The van der Waals surface area contributed by atoms with E-state index in [0.717, 1.165) is 56.1 Å². The van der Waals surface area contributed by atoms with Crippen LogP contribution in [0.4, 0.5) is 4.79 Å². The summed E-state index contributed by atoms with van der Waals surface area (Å²) in [6, 6.07) is 6.42. The first kappa shape index (κ1) is 33.6. The van der Waals surface area contributed by atoms with Gasteiger partial charge < -0.3 is 20.3 Å². The molecule has 1 aromatic rings. The van der Waals surface area contributed by atoms with E-state index in [9.17, 15) is 14.4 Å². The Morgan fingerprint density at radius 3 is 2.12 bits per heavy atom. The van der Waals surface area contributed by atoms with Crippen molar-refractivity contribution in [3.8, 4) is 0 Å². The second-order valence-electron chi connectivity index (χ2n) is 12.8. The van der Waals surface area contributed by atoms with Crippen LogP contribution in [0.1, 0.15) is 129 Å². The minimum absolute atomic E-state index is 0.126. The molecule has 2 unspecified atom stereocenters. The van der Waals surface area contributed by atoms with E-state index in [1.807, 2.05) is 45.0 Å². The predicted octanol–water partition coefficient (Wildman–Crippen LogP) is 7.22. The number of carbonyl (C=O) groups excluding carboxylic acids is 3. The number of alkyl carbamates (subject to hydrolysis) is 1. The molecular formula is C33H55N3O4. The molecule has 0 bridgehead atoms. The van der Waals surface area contributed by atoms with E-state index < -0.39 is 23.8 Å². The summed E-state index contributed by atoms with van der Waals surface area (Å²) in [5.74, 6) is -0.583. The molecule has 40 heavy (non-hydrogen) atoms. The molecule has 0 saturated heterocycles. The van der Waals surface area contributed by atoms with Gasteiger partial charge in [0.15, 0.2) is 0 Å². The zero-order valence-corrected chi connectivity index (χ0v) is 26.2. The lowest BCUT2D eigenvalue weighted by molar-refractivity contribution is -0.143. The van der Waals surface area contributed by atoms with E-state index in [2.05, 4.69) is 17.6 Å². The third-order valence-corrected chi connectivity index (χ3v) is 7.55. The first-order valence-electron chi connectivity index (χ1n) is 15.6. The van der Waals surface area contributed by atoms with Crippen molar-refractivity contribution in [1.29, 1.82) is 0 Å². The summed E-state index contributed by atoms with van der Waals surface area (Å²) in [6.45, 7) is 13.9. The van der Waals surface area contributed by atoms with Crippen LogP contribution in [0.15, 0.2) is 24.3 Å². The topological polar surface area (TPSA) is 87.7 Å². The van der Waals surface area contributed by atoms with Crippen molar-refractivity contribution in [3.63, 3.8) is 0 Å². The van der Waals surface area contributed by atoms with Crippen molar-refractivity contribution in [2.45, 2.75) is 143 Å². The molecule has 7 nitrogen and oxygen atoms in total. The number of amides is 3. The Morgan fingerprint density at radius 1 is 0.950 bits per heavy atom. The Morgan fingerprint density at radius 2 is 1.55 bits per heavy atom. The zero-order chi connectivity index (χ0) is 29.7. The summed E-state index contributed by atoms with van der Waals surface area (Å²) < 4.78 is 5.49. The van der Waals surface area contributed by atoms with Gasteiger partial charge in [0.05, 0.1) is 0 Å². The molecule has 0 spiro atoms. The Hall–Kier alpha value is -2.57. The van der Waals surface area contributed by atoms with Gasteiger partial charge in [-0.3, -0.25) is 9.59 Å². The number of ether oxygens (including phenoxy) is 1. The van der Waals surface area contributed by atoms with Gasteiger partial charge in [-0.15, -0.1) is 0 Å². The van der Waals surface area contributed by atoms with Crippen molar-refractivity contribution in [3.05, 3.63) is 35.4 Å². The molecule has 226 valence electrons. The van der Waals surface area contributed by atoms with Crippen LogP contribution in [0.3, 0.4) is 0 Å². The van der Waals surface area contributed by atoms with Gasteiger partial charge in [0.2, 0.25) is 11.8 Å². The van der Waals surface area contributed by atoms with Crippen LogP contribution in [0, 0.1) is 12.8 Å². The van der Waals surface area contributed by atoms with Crippen LogP contribution in [0.2, 0.25) is 0 Å². The minimum Gasteiger partial charge on any atom is -0.444 e. The largest absolute Gasteiger partial charge is 0.444 e. The van der Waals surface area contributed by atoms with Gasteiger partial charge in [0, 0.05) is 12.6 Å². The van der Waals surface area contributed by atoms with Gasteiger partial charge in [-0.05, 0) is 58.4 Å². The highest BCUT2D eigenvalue weighted by molar-refractivity contribution is 5.92. The molecule has 1 fully saturated rings. The van der Waals surface area contributed by atoms with Gasteiger partial charge in [0.1, 0.15) is 17.7 Å². The fourth-order valence-corrected chi connectivity index (χ4v) is 5.30.